The van der Waals surface area contributed by atoms with Crippen molar-refractivity contribution in [2.24, 2.45) is 5.92 Å². The van der Waals surface area contributed by atoms with E-state index in [1.165, 1.54) is 0 Å². The molecule has 3 nitrogen and oxygen atoms in total. The van der Waals surface area contributed by atoms with Gasteiger partial charge in [-0.2, -0.15) is 0 Å². The fraction of sp³-hybridized carbons (Fsp3) is 0.714. The van der Waals surface area contributed by atoms with Crippen molar-refractivity contribution in [1.29, 1.82) is 0 Å². The van der Waals surface area contributed by atoms with Crippen molar-refractivity contribution in [3.63, 3.8) is 0 Å². The van der Waals surface area contributed by atoms with Gasteiger partial charge in [-0.05, 0) is 6.42 Å². The van der Waals surface area contributed by atoms with E-state index in [1.807, 2.05) is 0 Å². The highest BCUT2D eigenvalue weighted by atomic mass is 16.1. The van der Waals surface area contributed by atoms with E-state index < -0.39 is 0 Å². The van der Waals surface area contributed by atoms with E-state index in [-0.39, 0.29) is 11.8 Å². The van der Waals surface area contributed by atoms with Crippen LogP contribution in [0.5, 0.6) is 0 Å². The van der Waals surface area contributed by atoms with Gasteiger partial charge in [0.15, 0.2) is 0 Å². The van der Waals surface area contributed by atoms with Gasteiger partial charge in [-0.15, -0.1) is 0 Å². The van der Waals surface area contributed by atoms with Crippen LogP contribution in [0, 0.1) is 5.92 Å². The Hall–Kier alpha value is -0.860. The van der Waals surface area contributed by atoms with Gasteiger partial charge in [0.05, 0.1) is 0 Å². The number of hydrogen-bond donors (Lipinski definition) is 1. The zero-order valence-corrected chi connectivity index (χ0v) is 6.39. The molecule has 1 amide bonds. The lowest BCUT2D eigenvalue weighted by Crippen LogP contribution is -2.18. The number of amides is 1. The van der Waals surface area contributed by atoms with Crippen LogP contribution in [0.4, 0.5) is 0 Å². The fourth-order valence-electron chi connectivity index (χ4n) is 0.552. The standard InChI is InChI=1S/C7H13NO2/c1-6(5-9)3-4-7(10)8-2/h5-6H,3-4H2,1-2H3,(H,8,10). The highest BCUT2D eigenvalue weighted by Crippen LogP contribution is 2.00. The Balaban J connectivity index is 3.34. The molecule has 1 unspecified atom stereocenters. The first-order valence-electron chi connectivity index (χ1n) is 3.36. The van der Waals surface area contributed by atoms with E-state index >= 15 is 0 Å². The second-order valence-corrected chi connectivity index (χ2v) is 2.33. The zero-order chi connectivity index (χ0) is 7.98. The molecule has 0 bridgehead atoms. The topological polar surface area (TPSA) is 46.2 Å². The Kier molecular flexibility index (Phi) is 4.54. The summed E-state index contributed by atoms with van der Waals surface area (Å²) in [5.41, 5.74) is 0. The summed E-state index contributed by atoms with van der Waals surface area (Å²) >= 11 is 0. The molecule has 58 valence electrons. The Bertz CT molecular complexity index is 123. The summed E-state index contributed by atoms with van der Waals surface area (Å²) in [5, 5.41) is 2.49. The van der Waals surface area contributed by atoms with Gasteiger partial charge in [0, 0.05) is 19.4 Å². The molecule has 0 rings (SSSR count). The molecule has 0 saturated heterocycles. The zero-order valence-electron chi connectivity index (χ0n) is 6.39. The van der Waals surface area contributed by atoms with Crippen LogP contribution in [0.25, 0.3) is 0 Å². The predicted octanol–water partition coefficient (Wildman–Crippen LogP) is 0.348. The van der Waals surface area contributed by atoms with Crippen molar-refractivity contribution in [2.75, 3.05) is 7.05 Å². The van der Waals surface area contributed by atoms with E-state index in [1.54, 1.807) is 14.0 Å². The van der Waals surface area contributed by atoms with Crippen molar-refractivity contribution in [1.82, 2.24) is 5.32 Å². The number of hydrogen-bond acceptors (Lipinski definition) is 2. The molecule has 0 aliphatic carbocycles. The van der Waals surface area contributed by atoms with Crippen LogP contribution in [0.15, 0.2) is 0 Å². The van der Waals surface area contributed by atoms with Crippen LogP contribution < -0.4 is 5.32 Å². The normalized spacial score (nSPS) is 12.2. The Morgan fingerprint density at radius 2 is 2.30 bits per heavy atom. The lowest BCUT2D eigenvalue weighted by molar-refractivity contribution is -0.121. The number of carbonyl (C=O) groups is 2. The first-order valence-corrected chi connectivity index (χ1v) is 3.36. The summed E-state index contributed by atoms with van der Waals surface area (Å²) in [6, 6.07) is 0. The van der Waals surface area contributed by atoms with Crippen molar-refractivity contribution in [2.45, 2.75) is 19.8 Å². The summed E-state index contributed by atoms with van der Waals surface area (Å²) in [6.45, 7) is 1.80. The minimum Gasteiger partial charge on any atom is -0.359 e. The van der Waals surface area contributed by atoms with Crippen LogP contribution in [0.2, 0.25) is 0 Å². The molecule has 0 aromatic rings. The van der Waals surface area contributed by atoms with E-state index in [9.17, 15) is 9.59 Å². The van der Waals surface area contributed by atoms with Gasteiger partial charge in [0.25, 0.3) is 0 Å². The minimum absolute atomic E-state index is 0.00250. The van der Waals surface area contributed by atoms with Crippen LogP contribution in [-0.2, 0) is 9.59 Å². The largest absolute Gasteiger partial charge is 0.359 e. The molecule has 10 heavy (non-hydrogen) atoms. The van der Waals surface area contributed by atoms with Crippen molar-refractivity contribution < 1.29 is 9.59 Å². The SMILES string of the molecule is CNC(=O)CCC(C)C=O. The second-order valence-electron chi connectivity index (χ2n) is 2.33. The molecular formula is C7H13NO2. The summed E-state index contributed by atoms with van der Waals surface area (Å²) in [7, 11) is 1.59. The van der Waals surface area contributed by atoms with Gasteiger partial charge in [-0.25, -0.2) is 0 Å². The highest BCUT2D eigenvalue weighted by Gasteiger charge is 2.02. The lowest BCUT2D eigenvalue weighted by Gasteiger charge is -2.00. The number of rotatable bonds is 4. The summed E-state index contributed by atoms with van der Waals surface area (Å²) in [5.74, 6) is -0.00833. The number of nitrogens with one attached hydrogen (secondary N) is 1. The van der Waals surface area contributed by atoms with Crippen molar-refractivity contribution in [3.05, 3.63) is 0 Å². The number of carbonyl (C=O) groups excluding carboxylic acids is 2. The van der Waals surface area contributed by atoms with Gasteiger partial charge >= 0.3 is 0 Å². The summed E-state index contributed by atoms with van der Waals surface area (Å²) in [6.07, 6.45) is 1.95. The molecule has 1 N–H and O–H groups in total. The van der Waals surface area contributed by atoms with Crippen LogP contribution in [0.1, 0.15) is 19.8 Å². The molecule has 0 aromatic heterocycles. The monoisotopic (exact) mass is 143 g/mol. The molecule has 0 aliphatic rings. The number of aldehydes is 1. The van der Waals surface area contributed by atoms with Crippen LogP contribution >= 0.6 is 0 Å². The molecule has 0 aliphatic heterocycles. The molecular weight excluding hydrogens is 130 g/mol. The van der Waals surface area contributed by atoms with E-state index in [4.69, 9.17) is 0 Å². The molecule has 0 radical (unpaired) electrons. The fourth-order valence-corrected chi connectivity index (χ4v) is 0.552. The van der Waals surface area contributed by atoms with E-state index in [0.29, 0.717) is 12.8 Å². The Morgan fingerprint density at radius 1 is 1.70 bits per heavy atom. The average molecular weight is 143 g/mol. The first kappa shape index (κ1) is 9.14. The first-order chi connectivity index (χ1) is 4.70. The molecule has 1 atom stereocenters. The van der Waals surface area contributed by atoms with Gasteiger partial charge < -0.3 is 10.1 Å². The summed E-state index contributed by atoms with van der Waals surface area (Å²) in [4.78, 5) is 20.7. The second kappa shape index (κ2) is 4.97. The van der Waals surface area contributed by atoms with Gasteiger partial charge in [0.2, 0.25) is 5.91 Å². The minimum atomic E-state index is -0.00583. The third-order valence-electron chi connectivity index (χ3n) is 1.34. The maximum Gasteiger partial charge on any atom is 0.219 e. The smallest absolute Gasteiger partial charge is 0.219 e. The Morgan fingerprint density at radius 3 is 2.70 bits per heavy atom. The summed E-state index contributed by atoms with van der Waals surface area (Å²) < 4.78 is 0. The van der Waals surface area contributed by atoms with Crippen LogP contribution in [0.3, 0.4) is 0 Å². The molecule has 0 aromatic carbocycles. The van der Waals surface area contributed by atoms with Gasteiger partial charge in [-0.1, -0.05) is 6.92 Å². The highest BCUT2D eigenvalue weighted by molar-refractivity contribution is 5.75. The van der Waals surface area contributed by atoms with Crippen molar-refractivity contribution in [3.8, 4) is 0 Å². The molecule has 0 spiro atoms. The maximum absolute atomic E-state index is 10.6. The van der Waals surface area contributed by atoms with Gasteiger partial charge in [-0.3, -0.25) is 4.79 Å². The quantitative estimate of drug-likeness (QED) is 0.577. The average Bonchev–Trinajstić information content (AvgIpc) is 1.99. The third-order valence-corrected chi connectivity index (χ3v) is 1.34. The van der Waals surface area contributed by atoms with Crippen molar-refractivity contribution >= 4 is 12.2 Å². The van der Waals surface area contributed by atoms with Gasteiger partial charge in [0.1, 0.15) is 6.29 Å². The van der Waals surface area contributed by atoms with E-state index in [2.05, 4.69) is 5.32 Å². The maximum atomic E-state index is 10.6. The molecule has 3 heteroatoms. The third kappa shape index (κ3) is 4.06. The Labute approximate surface area is 60.8 Å². The molecule has 0 heterocycles. The molecule has 0 fully saturated rings. The van der Waals surface area contributed by atoms with Crippen LogP contribution in [-0.4, -0.2) is 19.2 Å². The van der Waals surface area contributed by atoms with E-state index in [0.717, 1.165) is 6.29 Å². The molecule has 0 saturated carbocycles. The lowest BCUT2D eigenvalue weighted by atomic mass is 10.1. The predicted molar refractivity (Wildman–Crippen MR) is 38.5 cm³/mol.